The number of methoxy groups -OCH3 is 1. The molecule has 0 unspecified atom stereocenters. The molecule has 0 N–H and O–H groups in total. The average molecular weight is 475 g/mol. The zero-order valence-corrected chi connectivity index (χ0v) is 20.6. The largest absolute Gasteiger partial charge is 0.497 e. The van der Waals surface area contributed by atoms with E-state index in [1.165, 1.54) is 27.9 Å². The third-order valence-corrected chi connectivity index (χ3v) is 8.38. The van der Waals surface area contributed by atoms with Crippen molar-refractivity contribution in [3.63, 3.8) is 0 Å². The highest BCUT2D eigenvalue weighted by Gasteiger charge is 2.31. The molecule has 6 nitrogen and oxygen atoms in total. The Balaban J connectivity index is 1.33. The third kappa shape index (κ3) is 3.77. The minimum Gasteiger partial charge on any atom is -0.497 e. The summed E-state index contributed by atoms with van der Waals surface area (Å²) in [4.78, 5) is 23.4. The van der Waals surface area contributed by atoms with E-state index < -0.39 is 0 Å². The Kier molecular flexibility index (Phi) is 5.54. The van der Waals surface area contributed by atoms with Gasteiger partial charge in [0.25, 0.3) is 0 Å². The highest BCUT2D eigenvalue weighted by molar-refractivity contribution is 7.23. The van der Waals surface area contributed by atoms with E-state index in [-0.39, 0.29) is 5.92 Å². The summed E-state index contributed by atoms with van der Waals surface area (Å²) in [5.74, 6) is 1.50. The van der Waals surface area contributed by atoms with E-state index in [9.17, 15) is 4.79 Å². The van der Waals surface area contributed by atoms with Gasteiger partial charge in [0.2, 0.25) is 5.91 Å². The molecule has 176 valence electrons. The first-order chi connectivity index (χ1) is 16.6. The SMILES string of the molecule is COc1ccc(-c2nc3sc4cc(C)ccc4n3c2CN2CCN(C(=O)C3CCC3)CC2)cc1. The highest BCUT2D eigenvalue weighted by atomic mass is 32.1. The standard InChI is InChI=1S/C27H30N4O2S/c1-18-6-11-22-24(16-18)34-27-28-25(19-7-9-21(33-2)10-8-19)23(31(22)27)17-29-12-14-30(15-13-29)26(32)20-4-3-5-20/h6-11,16,20H,3-5,12-15,17H2,1-2H3. The number of imidazole rings is 1. The summed E-state index contributed by atoms with van der Waals surface area (Å²) in [7, 11) is 1.69. The van der Waals surface area contributed by atoms with Crippen molar-refractivity contribution in [2.75, 3.05) is 33.3 Å². The summed E-state index contributed by atoms with van der Waals surface area (Å²) < 4.78 is 8.97. The Morgan fingerprint density at radius 3 is 2.53 bits per heavy atom. The molecule has 2 aromatic heterocycles. The molecule has 6 rings (SSSR count). The van der Waals surface area contributed by atoms with Gasteiger partial charge in [-0.3, -0.25) is 14.1 Å². The van der Waals surface area contributed by atoms with Gasteiger partial charge in [-0.1, -0.05) is 23.8 Å². The molecule has 1 aliphatic heterocycles. The summed E-state index contributed by atoms with van der Waals surface area (Å²) in [6.45, 7) is 6.38. The van der Waals surface area contributed by atoms with Crippen molar-refractivity contribution in [3.05, 3.63) is 53.7 Å². The van der Waals surface area contributed by atoms with Crippen LogP contribution in [0.2, 0.25) is 0 Å². The molecular formula is C27H30N4O2S. The van der Waals surface area contributed by atoms with Crippen LogP contribution in [0.15, 0.2) is 42.5 Å². The topological polar surface area (TPSA) is 50.1 Å². The monoisotopic (exact) mass is 474 g/mol. The van der Waals surface area contributed by atoms with Gasteiger partial charge in [0, 0.05) is 44.2 Å². The Morgan fingerprint density at radius 1 is 1.09 bits per heavy atom. The molecular weight excluding hydrogens is 444 g/mol. The zero-order chi connectivity index (χ0) is 23.2. The van der Waals surface area contributed by atoms with E-state index in [0.29, 0.717) is 5.91 Å². The van der Waals surface area contributed by atoms with Crippen molar-refractivity contribution >= 4 is 32.4 Å². The molecule has 0 bridgehead atoms. The van der Waals surface area contributed by atoms with Crippen LogP contribution in [-0.4, -0.2) is 58.4 Å². The number of carbonyl (C=O) groups is 1. The third-order valence-electron chi connectivity index (χ3n) is 7.37. The van der Waals surface area contributed by atoms with Gasteiger partial charge in [-0.25, -0.2) is 4.98 Å². The van der Waals surface area contributed by atoms with Crippen LogP contribution in [0, 0.1) is 12.8 Å². The van der Waals surface area contributed by atoms with Gasteiger partial charge in [0.15, 0.2) is 4.96 Å². The number of amides is 1. The van der Waals surface area contributed by atoms with Crippen LogP contribution in [0.3, 0.4) is 0 Å². The predicted molar refractivity (Wildman–Crippen MR) is 136 cm³/mol. The van der Waals surface area contributed by atoms with E-state index in [0.717, 1.165) is 67.5 Å². The number of fused-ring (bicyclic) bond motifs is 3. The number of hydrogen-bond donors (Lipinski definition) is 0. The average Bonchev–Trinajstić information content (AvgIpc) is 3.34. The molecule has 4 aromatic rings. The van der Waals surface area contributed by atoms with Crippen LogP contribution in [0.4, 0.5) is 0 Å². The first-order valence-corrected chi connectivity index (χ1v) is 13.0. The lowest BCUT2D eigenvalue weighted by Crippen LogP contribution is -2.50. The second-order valence-corrected chi connectivity index (χ2v) is 10.6. The van der Waals surface area contributed by atoms with Gasteiger partial charge in [0.05, 0.1) is 28.7 Å². The lowest BCUT2D eigenvalue weighted by Gasteiger charge is -2.38. The molecule has 3 heterocycles. The number of hydrogen-bond acceptors (Lipinski definition) is 5. The molecule has 0 spiro atoms. The van der Waals surface area contributed by atoms with Crippen molar-refractivity contribution < 1.29 is 9.53 Å². The molecule has 7 heteroatoms. The molecule has 2 aromatic carbocycles. The number of piperazine rings is 1. The molecule has 1 amide bonds. The van der Waals surface area contributed by atoms with Gasteiger partial charge in [0.1, 0.15) is 5.75 Å². The molecule has 0 atom stereocenters. The van der Waals surface area contributed by atoms with E-state index in [1.54, 1.807) is 18.4 Å². The molecule has 1 aliphatic carbocycles. The molecule has 1 saturated carbocycles. The van der Waals surface area contributed by atoms with Gasteiger partial charge in [-0.05, 0) is 61.7 Å². The van der Waals surface area contributed by atoms with Crippen LogP contribution < -0.4 is 4.74 Å². The molecule has 2 aliphatic rings. The number of thiazole rings is 1. The van der Waals surface area contributed by atoms with E-state index in [1.807, 2.05) is 12.1 Å². The highest BCUT2D eigenvalue weighted by Crippen LogP contribution is 2.35. The Labute approximate surface area is 203 Å². The van der Waals surface area contributed by atoms with Crippen molar-refractivity contribution in [2.24, 2.45) is 5.92 Å². The smallest absolute Gasteiger partial charge is 0.225 e. The van der Waals surface area contributed by atoms with Gasteiger partial charge >= 0.3 is 0 Å². The van der Waals surface area contributed by atoms with Crippen molar-refractivity contribution in [3.8, 4) is 17.0 Å². The number of aryl methyl sites for hydroxylation is 1. The van der Waals surface area contributed by atoms with Crippen LogP contribution >= 0.6 is 11.3 Å². The Bertz CT molecular complexity index is 1340. The van der Waals surface area contributed by atoms with E-state index >= 15 is 0 Å². The minimum absolute atomic E-state index is 0.281. The van der Waals surface area contributed by atoms with Crippen molar-refractivity contribution in [2.45, 2.75) is 32.7 Å². The molecule has 34 heavy (non-hydrogen) atoms. The second-order valence-electron chi connectivity index (χ2n) is 9.56. The maximum Gasteiger partial charge on any atom is 0.225 e. The summed E-state index contributed by atoms with van der Waals surface area (Å²) in [5, 5.41) is 0. The van der Waals surface area contributed by atoms with Crippen molar-refractivity contribution in [1.29, 1.82) is 0 Å². The lowest BCUT2D eigenvalue weighted by atomic mass is 9.84. The first-order valence-electron chi connectivity index (χ1n) is 12.2. The number of rotatable bonds is 5. The molecule has 1 saturated heterocycles. The second kappa shape index (κ2) is 8.71. The van der Waals surface area contributed by atoms with E-state index in [2.05, 4.69) is 51.5 Å². The zero-order valence-electron chi connectivity index (χ0n) is 19.8. The molecule has 0 radical (unpaired) electrons. The van der Waals surface area contributed by atoms with Gasteiger partial charge < -0.3 is 9.64 Å². The fraction of sp³-hybridized carbons (Fsp3) is 0.407. The summed E-state index contributed by atoms with van der Waals surface area (Å²) >= 11 is 1.75. The summed E-state index contributed by atoms with van der Waals surface area (Å²) in [6.07, 6.45) is 3.35. The number of benzene rings is 2. The van der Waals surface area contributed by atoms with Gasteiger partial charge in [-0.15, -0.1) is 0 Å². The fourth-order valence-corrected chi connectivity index (χ4v) is 6.25. The lowest BCUT2D eigenvalue weighted by molar-refractivity contribution is -0.140. The van der Waals surface area contributed by atoms with Crippen molar-refractivity contribution in [1.82, 2.24) is 19.2 Å². The molecule has 2 fully saturated rings. The Morgan fingerprint density at radius 2 is 1.85 bits per heavy atom. The number of ether oxygens (including phenoxy) is 1. The quantitative estimate of drug-likeness (QED) is 0.410. The summed E-state index contributed by atoms with van der Waals surface area (Å²) in [5.41, 5.74) is 5.83. The van der Waals surface area contributed by atoms with Crippen LogP contribution in [0.25, 0.3) is 26.4 Å². The summed E-state index contributed by atoms with van der Waals surface area (Å²) in [6, 6.07) is 14.8. The van der Waals surface area contributed by atoms with Crippen LogP contribution in [-0.2, 0) is 11.3 Å². The van der Waals surface area contributed by atoms with Crippen LogP contribution in [0.5, 0.6) is 5.75 Å². The van der Waals surface area contributed by atoms with E-state index in [4.69, 9.17) is 9.72 Å². The fourth-order valence-electron chi connectivity index (χ4n) is 5.11. The predicted octanol–water partition coefficient (Wildman–Crippen LogP) is 4.98. The maximum absolute atomic E-state index is 12.7. The first kappa shape index (κ1) is 21.6. The van der Waals surface area contributed by atoms with Crippen LogP contribution in [0.1, 0.15) is 30.5 Å². The number of aromatic nitrogens is 2. The normalized spacial score (nSPS) is 17.4. The number of nitrogens with zero attached hydrogens (tertiary/aromatic N) is 4. The Hall–Kier alpha value is -2.90. The van der Waals surface area contributed by atoms with Gasteiger partial charge in [-0.2, -0.15) is 0 Å². The maximum atomic E-state index is 12.7. The number of carbonyl (C=O) groups excluding carboxylic acids is 1. The minimum atomic E-state index is 0.281.